The van der Waals surface area contributed by atoms with E-state index in [1.807, 2.05) is 0 Å². The van der Waals surface area contributed by atoms with Crippen molar-refractivity contribution < 1.29 is 14.0 Å². The molecular weight excluding hydrogens is 371 g/mol. The number of Topliss-reactive ketones (excluding diaryl/α,β-unsaturated/α-hetero) is 1. The number of carbonyl (C=O) groups is 2. The lowest BCUT2D eigenvalue weighted by Crippen LogP contribution is -2.14. The minimum absolute atomic E-state index is 0.0268. The summed E-state index contributed by atoms with van der Waals surface area (Å²) >= 11 is 5.75. The second kappa shape index (κ2) is 7.92. The topological polar surface area (TPSA) is 84.0 Å². The summed E-state index contributed by atoms with van der Waals surface area (Å²) in [7, 11) is 0. The molecule has 0 radical (unpaired) electrons. The molecule has 27 heavy (non-hydrogen) atoms. The Morgan fingerprint density at radius 1 is 1.00 bits per heavy atom. The number of carbonyl (C=O) groups excluding carboxylic acids is 2. The van der Waals surface area contributed by atoms with E-state index in [9.17, 15) is 14.0 Å². The fourth-order valence-electron chi connectivity index (χ4n) is 2.26. The molecule has 2 aromatic carbocycles. The Hall–Kier alpha value is -3.32. The van der Waals surface area contributed by atoms with Gasteiger partial charge in [-0.2, -0.15) is 0 Å². The maximum absolute atomic E-state index is 13.2. The lowest BCUT2D eigenvalue weighted by Gasteiger charge is -2.08. The van der Waals surface area contributed by atoms with Crippen LogP contribution in [-0.2, 0) is 0 Å². The number of benzene rings is 2. The number of halogens is 2. The fourth-order valence-corrected chi connectivity index (χ4v) is 2.44. The minimum atomic E-state index is -0.527. The van der Waals surface area contributed by atoms with Crippen LogP contribution in [0, 0.1) is 5.82 Å². The van der Waals surface area contributed by atoms with Crippen molar-refractivity contribution in [2.24, 2.45) is 0 Å². The number of anilines is 3. The lowest BCUT2D eigenvalue weighted by atomic mass is 10.1. The highest BCUT2D eigenvalue weighted by molar-refractivity contribution is 6.31. The van der Waals surface area contributed by atoms with E-state index < -0.39 is 11.7 Å². The number of nitrogens with zero attached hydrogens (tertiary/aromatic N) is 2. The summed E-state index contributed by atoms with van der Waals surface area (Å²) in [6, 6.07) is 12.1. The number of rotatable bonds is 5. The summed E-state index contributed by atoms with van der Waals surface area (Å²) in [5.41, 5.74) is 1.74. The van der Waals surface area contributed by atoms with Crippen LogP contribution in [0.5, 0.6) is 0 Å². The molecule has 136 valence electrons. The first-order chi connectivity index (χ1) is 12.9. The molecule has 0 spiro atoms. The van der Waals surface area contributed by atoms with Crippen LogP contribution in [0.15, 0.2) is 54.9 Å². The zero-order valence-electron chi connectivity index (χ0n) is 14.2. The first-order valence-electron chi connectivity index (χ1n) is 7.89. The largest absolute Gasteiger partial charge is 0.340 e. The molecule has 0 aliphatic heterocycles. The predicted octanol–water partition coefficient (Wildman–Crippen LogP) is 4.47. The summed E-state index contributed by atoms with van der Waals surface area (Å²) in [6.45, 7) is 1.47. The molecular formula is C19H14ClFN4O2. The number of aromatic nitrogens is 2. The molecule has 0 fully saturated rings. The molecule has 0 aliphatic rings. The molecule has 3 rings (SSSR count). The van der Waals surface area contributed by atoms with Gasteiger partial charge >= 0.3 is 0 Å². The van der Waals surface area contributed by atoms with Crippen LogP contribution in [0.2, 0.25) is 5.02 Å². The highest BCUT2D eigenvalue weighted by atomic mass is 35.5. The maximum atomic E-state index is 13.2. The Bertz CT molecular complexity index is 1010. The van der Waals surface area contributed by atoms with Gasteiger partial charge in [-0.3, -0.25) is 9.59 Å². The fraction of sp³-hybridized carbons (Fsp3) is 0.0526. The minimum Gasteiger partial charge on any atom is -0.340 e. The van der Waals surface area contributed by atoms with Crippen LogP contribution in [-0.4, -0.2) is 21.7 Å². The standard InChI is InChI=1S/C19H14ClFN4O2/c1-11(26)12-2-4-13(5-3-12)25-19(27)17-9-18(23-10-22-17)24-14-6-7-16(21)15(20)8-14/h2-10H,1H3,(H,25,27)(H,22,23,24). The monoisotopic (exact) mass is 384 g/mol. The zero-order valence-corrected chi connectivity index (χ0v) is 14.9. The van der Waals surface area contributed by atoms with Crippen LogP contribution in [0.4, 0.5) is 21.6 Å². The van der Waals surface area contributed by atoms with Crippen molar-refractivity contribution in [2.45, 2.75) is 6.92 Å². The molecule has 1 aromatic heterocycles. The number of hydrogen-bond donors (Lipinski definition) is 2. The van der Waals surface area contributed by atoms with Crippen molar-refractivity contribution in [3.05, 3.63) is 77.0 Å². The summed E-state index contributed by atoms with van der Waals surface area (Å²) in [6.07, 6.45) is 1.24. The highest BCUT2D eigenvalue weighted by Crippen LogP contribution is 2.22. The normalized spacial score (nSPS) is 10.3. The van der Waals surface area contributed by atoms with Crippen molar-refractivity contribution in [1.82, 2.24) is 9.97 Å². The molecule has 0 aliphatic carbocycles. The maximum Gasteiger partial charge on any atom is 0.274 e. The lowest BCUT2D eigenvalue weighted by molar-refractivity contribution is 0.101. The Labute approximate surface area is 159 Å². The highest BCUT2D eigenvalue weighted by Gasteiger charge is 2.10. The van der Waals surface area contributed by atoms with Crippen LogP contribution < -0.4 is 10.6 Å². The molecule has 6 nitrogen and oxygen atoms in total. The molecule has 0 saturated carbocycles. The van der Waals surface area contributed by atoms with Crippen molar-refractivity contribution in [3.8, 4) is 0 Å². The molecule has 0 atom stereocenters. The molecule has 0 unspecified atom stereocenters. The van der Waals surface area contributed by atoms with Gasteiger partial charge in [0.15, 0.2) is 5.78 Å². The molecule has 0 saturated heterocycles. The summed E-state index contributed by atoms with van der Waals surface area (Å²) in [4.78, 5) is 31.6. The smallest absolute Gasteiger partial charge is 0.274 e. The molecule has 2 N–H and O–H groups in total. The van der Waals surface area contributed by atoms with Gasteiger partial charge in [0.2, 0.25) is 0 Å². The Morgan fingerprint density at radius 2 is 1.70 bits per heavy atom. The molecule has 8 heteroatoms. The van der Waals surface area contributed by atoms with Crippen LogP contribution in [0.1, 0.15) is 27.8 Å². The van der Waals surface area contributed by atoms with Crippen LogP contribution >= 0.6 is 11.6 Å². The second-order valence-corrected chi connectivity index (χ2v) is 6.04. The predicted molar refractivity (Wildman–Crippen MR) is 101 cm³/mol. The van der Waals surface area contributed by atoms with Crippen molar-refractivity contribution in [3.63, 3.8) is 0 Å². The van der Waals surface area contributed by atoms with E-state index in [4.69, 9.17) is 11.6 Å². The molecule has 3 aromatic rings. The van der Waals surface area contributed by atoms with E-state index in [0.29, 0.717) is 22.8 Å². The first-order valence-corrected chi connectivity index (χ1v) is 8.26. The molecule has 1 amide bonds. The quantitative estimate of drug-likeness (QED) is 0.634. The van der Waals surface area contributed by atoms with E-state index in [1.54, 1.807) is 24.3 Å². The van der Waals surface area contributed by atoms with Gasteiger partial charge in [-0.15, -0.1) is 0 Å². The Kier molecular flexibility index (Phi) is 5.42. The third-order valence-corrected chi connectivity index (χ3v) is 3.93. The van der Waals surface area contributed by atoms with Gasteiger partial charge in [-0.05, 0) is 49.4 Å². The average Bonchev–Trinajstić information content (AvgIpc) is 2.65. The van der Waals surface area contributed by atoms with E-state index in [0.717, 1.165) is 0 Å². The van der Waals surface area contributed by atoms with Crippen molar-refractivity contribution in [1.29, 1.82) is 0 Å². The van der Waals surface area contributed by atoms with E-state index in [-0.39, 0.29) is 16.5 Å². The van der Waals surface area contributed by atoms with Gasteiger partial charge < -0.3 is 10.6 Å². The van der Waals surface area contributed by atoms with Crippen LogP contribution in [0.25, 0.3) is 0 Å². The summed E-state index contributed by atoms with van der Waals surface area (Å²) in [5, 5.41) is 5.60. The Morgan fingerprint density at radius 3 is 2.37 bits per heavy atom. The SMILES string of the molecule is CC(=O)c1ccc(NC(=O)c2cc(Nc3ccc(F)c(Cl)c3)ncn2)cc1. The van der Waals surface area contributed by atoms with Crippen molar-refractivity contribution in [2.75, 3.05) is 10.6 Å². The van der Waals surface area contributed by atoms with Gasteiger partial charge in [-0.25, -0.2) is 14.4 Å². The number of hydrogen-bond acceptors (Lipinski definition) is 5. The first kappa shape index (κ1) is 18.5. The summed E-state index contributed by atoms with van der Waals surface area (Å²) in [5.74, 6) is -0.668. The number of amides is 1. The average molecular weight is 385 g/mol. The van der Waals surface area contributed by atoms with Gasteiger partial charge in [0, 0.05) is 23.0 Å². The van der Waals surface area contributed by atoms with E-state index in [2.05, 4.69) is 20.6 Å². The summed E-state index contributed by atoms with van der Waals surface area (Å²) < 4.78 is 13.2. The second-order valence-electron chi connectivity index (χ2n) is 5.63. The van der Waals surface area contributed by atoms with E-state index >= 15 is 0 Å². The van der Waals surface area contributed by atoms with E-state index in [1.165, 1.54) is 37.5 Å². The number of nitrogens with one attached hydrogen (secondary N) is 2. The third-order valence-electron chi connectivity index (χ3n) is 3.64. The van der Waals surface area contributed by atoms with Crippen LogP contribution in [0.3, 0.4) is 0 Å². The van der Waals surface area contributed by atoms with Gasteiger partial charge in [0.25, 0.3) is 5.91 Å². The number of ketones is 1. The third kappa shape index (κ3) is 4.65. The molecule has 1 heterocycles. The van der Waals surface area contributed by atoms with Crippen molar-refractivity contribution >= 4 is 40.5 Å². The van der Waals surface area contributed by atoms with Gasteiger partial charge in [0.1, 0.15) is 23.7 Å². The molecule has 0 bridgehead atoms. The van der Waals surface area contributed by atoms with Gasteiger partial charge in [-0.1, -0.05) is 11.6 Å². The Balaban J connectivity index is 1.73. The van der Waals surface area contributed by atoms with Gasteiger partial charge in [0.05, 0.1) is 5.02 Å². The zero-order chi connectivity index (χ0) is 19.4.